The SMILES string of the molecule is NCC(=O)Nc1cccc(-c2cnc3cc(-c4ccc(F)cc4)ccn23)c1.O=CO. The molecule has 0 unspecified atom stereocenters. The number of nitrogens with two attached hydrogens (primary N) is 1. The van der Waals surface area contributed by atoms with Gasteiger partial charge in [0.1, 0.15) is 11.5 Å². The number of fused-ring (bicyclic) bond motifs is 1. The van der Waals surface area contributed by atoms with Crippen LogP contribution in [0.3, 0.4) is 0 Å². The van der Waals surface area contributed by atoms with Crippen LogP contribution in [0.2, 0.25) is 0 Å². The van der Waals surface area contributed by atoms with Crippen molar-refractivity contribution in [2.75, 3.05) is 11.9 Å². The van der Waals surface area contributed by atoms with Crippen LogP contribution < -0.4 is 11.1 Å². The molecule has 0 aliphatic carbocycles. The Morgan fingerprint density at radius 2 is 1.83 bits per heavy atom. The molecule has 0 radical (unpaired) electrons. The fourth-order valence-electron chi connectivity index (χ4n) is 2.98. The zero-order chi connectivity index (χ0) is 21.5. The van der Waals surface area contributed by atoms with Crippen LogP contribution in [0.1, 0.15) is 0 Å². The quantitative estimate of drug-likeness (QED) is 0.450. The van der Waals surface area contributed by atoms with E-state index < -0.39 is 0 Å². The summed E-state index contributed by atoms with van der Waals surface area (Å²) in [4.78, 5) is 24.4. The van der Waals surface area contributed by atoms with Crippen molar-refractivity contribution in [2.24, 2.45) is 5.73 Å². The Morgan fingerprint density at radius 3 is 2.53 bits per heavy atom. The van der Waals surface area contributed by atoms with Crippen molar-refractivity contribution in [1.82, 2.24) is 9.38 Å². The predicted octanol–water partition coefficient (Wildman–Crippen LogP) is 3.41. The lowest BCUT2D eigenvalue weighted by molar-refractivity contribution is -0.123. The van der Waals surface area contributed by atoms with Crippen molar-refractivity contribution >= 4 is 23.7 Å². The first kappa shape index (κ1) is 20.7. The van der Waals surface area contributed by atoms with Gasteiger partial charge in [-0.15, -0.1) is 0 Å². The number of carbonyl (C=O) groups excluding carboxylic acids is 1. The smallest absolute Gasteiger partial charge is 0.290 e. The van der Waals surface area contributed by atoms with Crippen molar-refractivity contribution in [2.45, 2.75) is 0 Å². The number of nitrogens with zero attached hydrogens (tertiary/aromatic N) is 2. The number of hydrogen-bond donors (Lipinski definition) is 3. The molecule has 2 aromatic heterocycles. The molecule has 0 spiro atoms. The maximum atomic E-state index is 13.1. The van der Waals surface area contributed by atoms with Gasteiger partial charge in [-0.1, -0.05) is 24.3 Å². The number of carboxylic acid groups (broad SMARTS) is 1. The van der Waals surface area contributed by atoms with E-state index in [1.165, 1.54) is 12.1 Å². The van der Waals surface area contributed by atoms with Gasteiger partial charge >= 0.3 is 0 Å². The van der Waals surface area contributed by atoms with Gasteiger partial charge < -0.3 is 16.2 Å². The summed E-state index contributed by atoms with van der Waals surface area (Å²) in [5.74, 6) is -0.501. The number of hydrogen-bond acceptors (Lipinski definition) is 4. The van der Waals surface area contributed by atoms with Crippen LogP contribution in [0.5, 0.6) is 0 Å². The number of aromatic nitrogens is 2. The first-order valence-electron chi connectivity index (χ1n) is 8.97. The molecular weight excluding hydrogens is 387 g/mol. The second-order valence-corrected chi connectivity index (χ2v) is 6.23. The predicted molar refractivity (Wildman–Crippen MR) is 112 cm³/mol. The average molecular weight is 406 g/mol. The van der Waals surface area contributed by atoms with Crippen LogP contribution in [0.15, 0.2) is 73.1 Å². The second-order valence-electron chi connectivity index (χ2n) is 6.23. The maximum absolute atomic E-state index is 13.1. The monoisotopic (exact) mass is 406 g/mol. The molecule has 2 aromatic carbocycles. The van der Waals surface area contributed by atoms with Gasteiger partial charge in [-0.3, -0.25) is 14.0 Å². The van der Waals surface area contributed by atoms with Crippen molar-refractivity contribution in [3.63, 3.8) is 0 Å². The molecule has 4 rings (SSSR count). The highest BCUT2D eigenvalue weighted by molar-refractivity contribution is 5.92. The third kappa shape index (κ3) is 4.68. The molecular formula is C22H19FN4O3. The lowest BCUT2D eigenvalue weighted by Gasteiger charge is -2.08. The van der Waals surface area contributed by atoms with E-state index in [0.29, 0.717) is 5.69 Å². The van der Waals surface area contributed by atoms with Gasteiger partial charge in [0.25, 0.3) is 6.47 Å². The van der Waals surface area contributed by atoms with E-state index in [1.807, 2.05) is 47.0 Å². The number of rotatable bonds is 4. The molecule has 4 N–H and O–H groups in total. The van der Waals surface area contributed by atoms with Gasteiger partial charge in [0, 0.05) is 17.4 Å². The van der Waals surface area contributed by atoms with Gasteiger partial charge in [-0.05, 0) is 47.5 Å². The van der Waals surface area contributed by atoms with Crippen LogP contribution in [-0.2, 0) is 9.59 Å². The van der Waals surface area contributed by atoms with E-state index in [2.05, 4.69) is 10.3 Å². The highest BCUT2D eigenvalue weighted by Crippen LogP contribution is 2.26. The zero-order valence-electron chi connectivity index (χ0n) is 15.8. The van der Waals surface area contributed by atoms with E-state index in [0.717, 1.165) is 28.0 Å². The molecule has 0 saturated heterocycles. The van der Waals surface area contributed by atoms with Crippen LogP contribution >= 0.6 is 0 Å². The minimum atomic E-state index is -0.260. The highest BCUT2D eigenvalue weighted by Gasteiger charge is 2.09. The molecule has 8 heteroatoms. The van der Waals surface area contributed by atoms with Gasteiger partial charge in [-0.25, -0.2) is 9.37 Å². The maximum Gasteiger partial charge on any atom is 0.290 e. The molecule has 0 saturated carbocycles. The van der Waals surface area contributed by atoms with Crippen molar-refractivity contribution in [3.8, 4) is 22.4 Å². The Bertz CT molecular complexity index is 1170. The highest BCUT2D eigenvalue weighted by atomic mass is 19.1. The van der Waals surface area contributed by atoms with Crippen molar-refractivity contribution in [3.05, 3.63) is 78.9 Å². The van der Waals surface area contributed by atoms with Crippen molar-refractivity contribution < 1.29 is 19.1 Å². The van der Waals surface area contributed by atoms with Crippen LogP contribution in [0.4, 0.5) is 10.1 Å². The third-order valence-electron chi connectivity index (χ3n) is 4.32. The fourth-order valence-corrected chi connectivity index (χ4v) is 2.98. The Hall–Kier alpha value is -4.04. The van der Waals surface area contributed by atoms with E-state index in [4.69, 9.17) is 15.6 Å². The van der Waals surface area contributed by atoms with Gasteiger partial charge in [0.2, 0.25) is 5.91 Å². The molecule has 4 aromatic rings. The summed E-state index contributed by atoms with van der Waals surface area (Å²) in [5.41, 5.74) is 10.5. The number of anilines is 1. The summed E-state index contributed by atoms with van der Waals surface area (Å²) in [6.45, 7) is -0.313. The Balaban J connectivity index is 0.000000806. The normalized spacial score (nSPS) is 10.2. The summed E-state index contributed by atoms with van der Waals surface area (Å²) in [6.07, 6.45) is 3.72. The molecule has 152 valence electrons. The molecule has 0 aliphatic rings. The van der Waals surface area contributed by atoms with E-state index >= 15 is 0 Å². The average Bonchev–Trinajstić information content (AvgIpc) is 3.18. The summed E-state index contributed by atoms with van der Waals surface area (Å²) >= 11 is 0. The lowest BCUT2D eigenvalue weighted by Crippen LogP contribution is -2.21. The molecule has 1 amide bonds. The van der Waals surface area contributed by atoms with E-state index in [9.17, 15) is 9.18 Å². The van der Waals surface area contributed by atoms with Gasteiger partial charge in [0.05, 0.1) is 18.4 Å². The molecule has 30 heavy (non-hydrogen) atoms. The first-order chi connectivity index (χ1) is 14.5. The Morgan fingerprint density at radius 1 is 1.10 bits per heavy atom. The summed E-state index contributed by atoms with van der Waals surface area (Å²) in [5, 5.41) is 9.64. The van der Waals surface area contributed by atoms with Gasteiger partial charge in [0.15, 0.2) is 0 Å². The molecule has 0 atom stereocenters. The standard InChI is InChI=1S/C21H17FN4O.CH2O2/c22-17-6-4-14(5-7-17)15-8-9-26-19(13-24-20(26)11-15)16-2-1-3-18(10-16)25-21(27)12-23;2-1-3/h1-11,13H,12,23H2,(H,25,27);1H,(H,2,3). The lowest BCUT2D eigenvalue weighted by atomic mass is 10.1. The number of benzene rings is 2. The number of pyridine rings is 1. The van der Waals surface area contributed by atoms with Crippen molar-refractivity contribution in [1.29, 1.82) is 0 Å². The molecule has 0 bridgehead atoms. The zero-order valence-corrected chi connectivity index (χ0v) is 15.8. The largest absolute Gasteiger partial charge is 0.483 e. The van der Waals surface area contributed by atoms with E-state index in [-0.39, 0.29) is 24.7 Å². The molecule has 0 aliphatic heterocycles. The van der Waals surface area contributed by atoms with Gasteiger partial charge in [-0.2, -0.15) is 0 Å². The molecule has 0 fully saturated rings. The molecule has 7 nitrogen and oxygen atoms in total. The van der Waals surface area contributed by atoms with Crippen LogP contribution in [0, 0.1) is 5.82 Å². The number of halogens is 1. The summed E-state index contributed by atoms with van der Waals surface area (Å²) < 4.78 is 15.1. The molecule has 2 heterocycles. The summed E-state index contributed by atoms with van der Waals surface area (Å²) in [6, 6.07) is 17.8. The van der Waals surface area contributed by atoms with Crippen LogP contribution in [0.25, 0.3) is 28.0 Å². The first-order valence-corrected chi connectivity index (χ1v) is 8.97. The number of nitrogens with one attached hydrogen (secondary N) is 1. The topological polar surface area (TPSA) is 110 Å². The third-order valence-corrected chi connectivity index (χ3v) is 4.32. The fraction of sp³-hybridized carbons (Fsp3) is 0.0455. The van der Waals surface area contributed by atoms with Crippen LogP contribution in [-0.4, -0.2) is 33.4 Å². The Kier molecular flexibility index (Phi) is 6.51. The minimum absolute atomic E-state index is 0.0635. The number of amides is 1. The summed E-state index contributed by atoms with van der Waals surface area (Å²) in [7, 11) is 0. The number of carbonyl (C=O) groups is 2. The minimum Gasteiger partial charge on any atom is -0.483 e. The second kappa shape index (κ2) is 9.44. The number of imidazole rings is 1. The van der Waals surface area contributed by atoms with E-state index in [1.54, 1.807) is 18.3 Å². The Labute approximate surface area is 171 Å².